The number of fused-ring (bicyclic) bond motifs is 1. The molecule has 1 aromatic heterocycles. The van der Waals surface area contributed by atoms with E-state index in [9.17, 15) is 14.0 Å². The minimum atomic E-state index is -0.308. The van der Waals surface area contributed by atoms with E-state index in [1.165, 1.54) is 16.8 Å². The Kier molecular flexibility index (Phi) is 6.37. The third-order valence-electron chi connectivity index (χ3n) is 4.32. The fourth-order valence-corrected chi connectivity index (χ4v) is 2.85. The highest BCUT2D eigenvalue weighted by atomic mass is 19.1. The second kappa shape index (κ2) is 9.12. The van der Waals surface area contributed by atoms with Crippen LogP contribution < -0.4 is 15.6 Å². The van der Waals surface area contributed by atoms with Crippen LogP contribution in [0.5, 0.6) is 5.75 Å². The predicted octanol–water partition coefficient (Wildman–Crippen LogP) is 3.14. The lowest BCUT2D eigenvalue weighted by molar-refractivity contribution is 0.0947. The first kappa shape index (κ1) is 19.5. The largest absolute Gasteiger partial charge is 0.494 e. The molecule has 2 aromatic carbocycles. The van der Waals surface area contributed by atoms with E-state index >= 15 is 0 Å². The summed E-state index contributed by atoms with van der Waals surface area (Å²) < 4.78 is 19.7. The Balaban J connectivity index is 1.54. The van der Waals surface area contributed by atoms with Crippen LogP contribution in [0.3, 0.4) is 0 Å². The molecule has 0 atom stereocenters. The van der Waals surface area contributed by atoms with Crippen molar-refractivity contribution in [3.63, 3.8) is 0 Å². The monoisotopic (exact) mass is 383 g/mol. The lowest BCUT2D eigenvalue weighted by Gasteiger charge is -2.10. The van der Waals surface area contributed by atoms with Gasteiger partial charge in [-0.1, -0.05) is 18.2 Å². The lowest BCUT2D eigenvalue weighted by Crippen LogP contribution is -2.31. The third-order valence-corrected chi connectivity index (χ3v) is 4.32. The summed E-state index contributed by atoms with van der Waals surface area (Å²) >= 11 is 0. The molecule has 0 aliphatic rings. The van der Waals surface area contributed by atoms with Gasteiger partial charge in [0.05, 0.1) is 12.0 Å². The van der Waals surface area contributed by atoms with E-state index < -0.39 is 0 Å². The number of ether oxygens (including phenoxy) is 1. The Morgan fingerprint density at radius 1 is 1.11 bits per heavy atom. The third kappa shape index (κ3) is 4.54. The van der Waals surface area contributed by atoms with Crippen molar-refractivity contribution in [2.45, 2.75) is 26.3 Å². The van der Waals surface area contributed by atoms with Crippen LogP contribution in [-0.4, -0.2) is 28.8 Å². The normalized spacial score (nSPS) is 10.8. The summed E-state index contributed by atoms with van der Waals surface area (Å²) in [7, 11) is 0. The molecule has 0 saturated heterocycles. The van der Waals surface area contributed by atoms with E-state index in [1.54, 1.807) is 36.4 Å². The van der Waals surface area contributed by atoms with Crippen LogP contribution in [0.2, 0.25) is 0 Å². The molecule has 146 valence electrons. The van der Waals surface area contributed by atoms with Crippen molar-refractivity contribution >= 4 is 16.7 Å². The molecule has 1 N–H and O–H groups in total. The Bertz CT molecular complexity index is 1020. The van der Waals surface area contributed by atoms with Crippen LogP contribution in [0.4, 0.5) is 4.39 Å². The number of aromatic nitrogens is 2. The smallest absolute Gasteiger partial charge is 0.274 e. The van der Waals surface area contributed by atoms with Crippen LogP contribution in [-0.2, 0) is 6.54 Å². The Labute approximate surface area is 161 Å². The van der Waals surface area contributed by atoms with Crippen molar-refractivity contribution in [2.24, 2.45) is 0 Å². The van der Waals surface area contributed by atoms with Gasteiger partial charge < -0.3 is 10.1 Å². The molecule has 7 heteroatoms. The highest BCUT2D eigenvalue weighted by molar-refractivity contribution is 6.04. The fourth-order valence-electron chi connectivity index (χ4n) is 2.85. The quantitative estimate of drug-likeness (QED) is 0.607. The summed E-state index contributed by atoms with van der Waals surface area (Å²) in [4.78, 5) is 24.9. The van der Waals surface area contributed by atoms with Gasteiger partial charge in [-0.3, -0.25) is 9.59 Å². The molecular weight excluding hydrogens is 361 g/mol. The second-order valence-corrected chi connectivity index (χ2v) is 6.28. The molecule has 1 amide bonds. The summed E-state index contributed by atoms with van der Waals surface area (Å²) in [5.74, 6) is 0.00591. The molecule has 0 aliphatic heterocycles. The molecule has 0 unspecified atom stereocenters. The zero-order chi connectivity index (χ0) is 19.9. The van der Waals surface area contributed by atoms with Gasteiger partial charge in [0.15, 0.2) is 5.69 Å². The van der Waals surface area contributed by atoms with Crippen molar-refractivity contribution in [1.29, 1.82) is 0 Å². The van der Waals surface area contributed by atoms with E-state index in [1.807, 2.05) is 6.92 Å². The number of aryl methyl sites for hydroxylation is 1. The number of rotatable bonds is 8. The first-order valence-corrected chi connectivity index (χ1v) is 9.26. The van der Waals surface area contributed by atoms with Crippen LogP contribution in [0.25, 0.3) is 10.8 Å². The molecule has 0 fully saturated rings. The SMILES string of the molecule is CCn1nc(C(=O)NCCCCOc2ccc(F)cc2)c2ccccc2c1=O. The van der Waals surface area contributed by atoms with E-state index in [0.717, 1.165) is 12.8 Å². The molecule has 0 spiro atoms. The Morgan fingerprint density at radius 3 is 2.54 bits per heavy atom. The number of amides is 1. The number of hydrogen-bond acceptors (Lipinski definition) is 4. The summed E-state index contributed by atoms with van der Waals surface area (Å²) in [6.45, 7) is 3.15. The molecule has 6 nitrogen and oxygen atoms in total. The van der Waals surface area contributed by atoms with E-state index in [4.69, 9.17) is 4.74 Å². The predicted molar refractivity (Wildman–Crippen MR) is 105 cm³/mol. The highest BCUT2D eigenvalue weighted by Crippen LogP contribution is 2.13. The topological polar surface area (TPSA) is 73.2 Å². The molecule has 3 aromatic rings. The van der Waals surface area contributed by atoms with Gasteiger partial charge in [-0.15, -0.1) is 0 Å². The number of benzene rings is 2. The lowest BCUT2D eigenvalue weighted by atomic mass is 10.1. The maximum Gasteiger partial charge on any atom is 0.274 e. The van der Waals surface area contributed by atoms with Crippen LogP contribution in [0.1, 0.15) is 30.3 Å². The molecule has 0 aliphatic carbocycles. The van der Waals surface area contributed by atoms with Crippen LogP contribution in [0.15, 0.2) is 53.3 Å². The first-order valence-electron chi connectivity index (χ1n) is 9.26. The van der Waals surface area contributed by atoms with Crippen molar-refractivity contribution in [3.8, 4) is 5.75 Å². The molecular formula is C21H22FN3O3. The van der Waals surface area contributed by atoms with Gasteiger partial charge in [-0.25, -0.2) is 9.07 Å². The first-order chi connectivity index (χ1) is 13.6. The summed E-state index contributed by atoms with van der Waals surface area (Å²) in [6.07, 6.45) is 1.46. The van der Waals surface area contributed by atoms with Gasteiger partial charge in [0, 0.05) is 18.5 Å². The second-order valence-electron chi connectivity index (χ2n) is 6.28. The minimum Gasteiger partial charge on any atom is -0.494 e. The number of nitrogens with one attached hydrogen (secondary N) is 1. The van der Waals surface area contributed by atoms with Gasteiger partial charge in [0.25, 0.3) is 11.5 Å². The molecule has 0 saturated carbocycles. The maximum absolute atomic E-state index is 12.8. The number of carbonyl (C=O) groups excluding carboxylic acids is 1. The molecule has 28 heavy (non-hydrogen) atoms. The molecule has 1 heterocycles. The number of nitrogens with zero attached hydrogens (tertiary/aromatic N) is 2. The molecule has 0 bridgehead atoms. The van der Waals surface area contributed by atoms with E-state index in [-0.39, 0.29) is 23.0 Å². The summed E-state index contributed by atoms with van der Waals surface area (Å²) in [6, 6.07) is 12.8. The van der Waals surface area contributed by atoms with Crippen molar-refractivity contribution in [2.75, 3.05) is 13.2 Å². The van der Waals surface area contributed by atoms with Gasteiger partial charge in [-0.2, -0.15) is 5.10 Å². The zero-order valence-corrected chi connectivity index (χ0v) is 15.7. The number of carbonyl (C=O) groups is 1. The Hall–Kier alpha value is -3.22. The average molecular weight is 383 g/mol. The summed E-state index contributed by atoms with van der Waals surface area (Å²) in [5, 5.41) is 8.10. The standard InChI is InChI=1S/C21H22FN3O3/c1-2-25-21(27)18-8-4-3-7-17(18)19(24-25)20(26)23-13-5-6-14-28-16-11-9-15(22)10-12-16/h3-4,7-12H,2,5-6,13-14H2,1H3,(H,23,26). The van der Waals surface area contributed by atoms with Crippen molar-refractivity contribution in [3.05, 3.63) is 70.4 Å². The van der Waals surface area contributed by atoms with Gasteiger partial charge in [-0.05, 0) is 50.1 Å². The van der Waals surface area contributed by atoms with Crippen molar-refractivity contribution < 1.29 is 13.9 Å². The average Bonchev–Trinajstić information content (AvgIpc) is 2.72. The van der Waals surface area contributed by atoms with Gasteiger partial charge >= 0.3 is 0 Å². The number of halogens is 1. The van der Waals surface area contributed by atoms with Crippen molar-refractivity contribution in [1.82, 2.24) is 15.1 Å². The number of hydrogen-bond donors (Lipinski definition) is 1. The summed E-state index contributed by atoms with van der Waals surface area (Å²) in [5.41, 5.74) is 0.0483. The van der Waals surface area contributed by atoms with Gasteiger partial charge in [0.2, 0.25) is 0 Å². The Morgan fingerprint density at radius 2 is 1.82 bits per heavy atom. The number of unbranched alkanes of at least 4 members (excludes halogenated alkanes) is 1. The van der Waals surface area contributed by atoms with E-state index in [0.29, 0.717) is 36.2 Å². The zero-order valence-electron chi connectivity index (χ0n) is 15.7. The molecule has 0 radical (unpaired) electrons. The fraction of sp³-hybridized carbons (Fsp3) is 0.286. The van der Waals surface area contributed by atoms with Crippen LogP contribution >= 0.6 is 0 Å². The maximum atomic E-state index is 12.8. The minimum absolute atomic E-state index is 0.201. The van der Waals surface area contributed by atoms with E-state index in [2.05, 4.69) is 10.4 Å². The highest BCUT2D eigenvalue weighted by Gasteiger charge is 2.15. The van der Waals surface area contributed by atoms with Gasteiger partial charge in [0.1, 0.15) is 11.6 Å². The van der Waals surface area contributed by atoms with Crippen LogP contribution in [0, 0.1) is 5.82 Å². The molecule has 3 rings (SSSR count).